The number of methoxy groups -OCH3 is 2. The third-order valence-corrected chi connectivity index (χ3v) is 8.59. The molecule has 2 heterocycles. The number of aromatic nitrogens is 2. The molecule has 0 spiro atoms. The van der Waals surface area contributed by atoms with Crippen LogP contribution < -0.4 is 9.47 Å². The Bertz CT molecular complexity index is 1530. The van der Waals surface area contributed by atoms with Crippen LogP contribution in [0.4, 0.5) is 0 Å². The molecule has 1 fully saturated rings. The molecule has 1 saturated heterocycles. The fraction of sp³-hybridized carbons (Fsp3) is 0.412. The van der Waals surface area contributed by atoms with Crippen molar-refractivity contribution in [3.8, 4) is 11.5 Å². The summed E-state index contributed by atoms with van der Waals surface area (Å²) in [5.41, 5.74) is 5.18. The van der Waals surface area contributed by atoms with Gasteiger partial charge in [0.2, 0.25) is 0 Å². The molecule has 1 aliphatic rings. The number of piperidine rings is 1. The van der Waals surface area contributed by atoms with Gasteiger partial charge >= 0.3 is 0 Å². The number of nitrogens with zero attached hydrogens (tertiary/aromatic N) is 4. The molecule has 1 aromatic heterocycles. The van der Waals surface area contributed by atoms with Crippen LogP contribution >= 0.6 is 15.9 Å². The maximum Gasteiger partial charge on any atom is 0.255 e. The highest BCUT2D eigenvalue weighted by Crippen LogP contribution is 2.34. The minimum absolute atomic E-state index is 0.0827. The Kier molecular flexibility index (Phi) is 9.85. The second-order valence-corrected chi connectivity index (χ2v) is 12.3. The third kappa shape index (κ3) is 6.81. The standard InChI is InChI=1S/C34H41BrN4O3/c1-24(2)20-38(34(40)27-18-31(41-3)32(42-4)19-28(27)35)23-33-36-29-14-8-9-15-30(29)39(33)22-26-13-7-6-12-25(26)21-37-16-10-5-11-17-37/h6-9,12-15,18-19,24H,5,10-11,16-17,20-23H2,1-4H3. The predicted molar refractivity (Wildman–Crippen MR) is 171 cm³/mol. The molecule has 8 heteroatoms. The number of hydrogen-bond acceptors (Lipinski definition) is 5. The van der Waals surface area contributed by atoms with Crippen molar-refractivity contribution in [1.29, 1.82) is 0 Å². The topological polar surface area (TPSA) is 59.8 Å². The van der Waals surface area contributed by atoms with Crippen molar-refractivity contribution in [2.45, 2.75) is 52.7 Å². The summed E-state index contributed by atoms with van der Waals surface area (Å²) in [5.74, 6) is 2.15. The van der Waals surface area contributed by atoms with Gasteiger partial charge in [-0.2, -0.15) is 0 Å². The van der Waals surface area contributed by atoms with Gasteiger partial charge in [-0.05, 0) is 83.2 Å². The van der Waals surface area contributed by atoms with E-state index in [1.54, 1.807) is 26.4 Å². The first kappa shape index (κ1) is 30.1. The predicted octanol–water partition coefficient (Wildman–Crippen LogP) is 7.15. The summed E-state index contributed by atoms with van der Waals surface area (Å²) in [6, 6.07) is 20.5. The lowest BCUT2D eigenvalue weighted by Crippen LogP contribution is -2.35. The van der Waals surface area contributed by atoms with E-state index in [0.29, 0.717) is 41.2 Å². The van der Waals surface area contributed by atoms with E-state index in [1.807, 2.05) is 11.0 Å². The second kappa shape index (κ2) is 13.7. The van der Waals surface area contributed by atoms with Gasteiger partial charge in [0.1, 0.15) is 5.82 Å². The van der Waals surface area contributed by atoms with Crippen LogP contribution in [0.25, 0.3) is 11.0 Å². The fourth-order valence-electron chi connectivity index (χ4n) is 5.84. The Hall–Kier alpha value is -3.36. The highest BCUT2D eigenvalue weighted by atomic mass is 79.9. The number of likely N-dealkylation sites (tertiary alicyclic amines) is 1. The highest BCUT2D eigenvalue weighted by molar-refractivity contribution is 9.10. The van der Waals surface area contributed by atoms with E-state index in [0.717, 1.165) is 36.5 Å². The molecule has 222 valence electrons. The molecule has 7 nitrogen and oxygen atoms in total. The maximum absolute atomic E-state index is 14.1. The molecule has 0 unspecified atom stereocenters. The number of ether oxygens (including phenoxy) is 2. The van der Waals surface area contributed by atoms with E-state index >= 15 is 0 Å². The summed E-state index contributed by atoms with van der Waals surface area (Å²) in [4.78, 5) is 23.6. The van der Waals surface area contributed by atoms with Crippen LogP contribution in [0.5, 0.6) is 11.5 Å². The van der Waals surface area contributed by atoms with E-state index in [-0.39, 0.29) is 11.8 Å². The van der Waals surface area contributed by atoms with Gasteiger partial charge in [-0.3, -0.25) is 9.69 Å². The maximum atomic E-state index is 14.1. The second-order valence-electron chi connectivity index (χ2n) is 11.5. The number of halogens is 1. The van der Waals surface area contributed by atoms with E-state index in [4.69, 9.17) is 14.5 Å². The summed E-state index contributed by atoms with van der Waals surface area (Å²) in [5, 5.41) is 0. The van der Waals surface area contributed by atoms with E-state index in [1.165, 1.54) is 30.4 Å². The molecular weight excluding hydrogens is 592 g/mol. The van der Waals surface area contributed by atoms with Crippen molar-refractivity contribution in [2.75, 3.05) is 33.9 Å². The number of carbonyl (C=O) groups is 1. The number of carbonyl (C=O) groups excluding carboxylic acids is 1. The van der Waals surface area contributed by atoms with E-state index in [2.05, 4.69) is 81.7 Å². The summed E-state index contributed by atoms with van der Waals surface area (Å²) in [7, 11) is 3.17. The smallest absolute Gasteiger partial charge is 0.255 e. The molecule has 42 heavy (non-hydrogen) atoms. The zero-order valence-electron chi connectivity index (χ0n) is 25.1. The Balaban J connectivity index is 1.50. The molecule has 0 aliphatic carbocycles. The van der Waals surface area contributed by atoms with Crippen molar-refractivity contribution in [1.82, 2.24) is 19.4 Å². The average molecular weight is 634 g/mol. The molecule has 3 aromatic carbocycles. The van der Waals surface area contributed by atoms with E-state index < -0.39 is 0 Å². The summed E-state index contributed by atoms with van der Waals surface area (Å²) < 4.78 is 13.9. The lowest BCUT2D eigenvalue weighted by Gasteiger charge is -2.28. The van der Waals surface area contributed by atoms with Crippen LogP contribution in [0.2, 0.25) is 0 Å². The van der Waals surface area contributed by atoms with Gasteiger partial charge in [0, 0.05) is 24.1 Å². The lowest BCUT2D eigenvalue weighted by atomic mass is 10.0. The molecule has 0 saturated carbocycles. The molecule has 5 rings (SSSR count). The van der Waals surface area contributed by atoms with Crippen molar-refractivity contribution in [3.05, 3.63) is 87.7 Å². The van der Waals surface area contributed by atoms with Crippen LogP contribution in [0.15, 0.2) is 65.1 Å². The number of para-hydroxylation sites is 2. The first-order valence-corrected chi connectivity index (χ1v) is 15.6. The lowest BCUT2D eigenvalue weighted by molar-refractivity contribution is 0.0715. The van der Waals surface area contributed by atoms with Gasteiger partial charge in [-0.25, -0.2) is 4.98 Å². The normalized spacial score (nSPS) is 14.0. The van der Waals surface area contributed by atoms with Crippen LogP contribution in [0, 0.1) is 5.92 Å². The van der Waals surface area contributed by atoms with Gasteiger partial charge in [0.25, 0.3) is 5.91 Å². The van der Waals surface area contributed by atoms with Gasteiger partial charge in [-0.1, -0.05) is 56.7 Å². The zero-order valence-corrected chi connectivity index (χ0v) is 26.7. The number of rotatable bonds is 11. The van der Waals surface area contributed by atoms with Crippen LogP contribution in [-0.2, 0) is 19.6 Å². The first-order valence-electron chi connectivity index (χ1n) is 14.8. The number of fused-ring (bicyclic) bond motifs is 1. The SMILES string of the molecule is COc1cc(Br)c(C(=O)N(Cc2nc3ccccc3n2Cc2ccccc2CN2CCCCC2)CC(C)C)cc1OC. The monoisotopic (exact) mass is 632 g/mol. The Labute approximate surface area is 257 Å². The van der Waals surface area contributed by atoms with Crippen LogP contribution in [-0.4, -0.2) is 59.1 Å². The molecule has 1 aliphatic heterocycles. The Morgan fingerprint density at radius 1 is 0.929 bits per heavy atom. The largest absolute Gasteiger partial charge is 0.493 e. The van der Waals surface area contributed by atoms with Crippen molar-refractivity contribution < 1.29 is 14.3 Å². The number of imidazole rings is 1. The van der Waals surface area contributed by atoms with Crippen LogP contribution in [0.1, 0.15) is 60.4 Å². The van der Waals surface area contributed by atoms with Crippen LogP contribution in [0.3, 0.4) is 0 Å². The number of amides is 1. The Morgan fingerprint density at radius 2 is 1.57 bits per heavy atom. The van der Waals surface area contributed by atoms with Gasteiger partial charge in [0.05, 0.1) is 37.4 Å². The van der Waals surface area contributed by atoms with Crippen molar-refractivity contribution in [2.24, 2.45) is 5.92 Å². The number of benzene rings is 3. The van der Waals surface area contributed by atoms with E-state index in [9.17, 15) is 4.79 Å². The molecule has 4 aromatic rings. The van der Waals surface area contributed by atoms with Gasteiger partial charge in [0.15, 0.2) is 11.5 Å². The van der Waals surface area contributed by atoms with Gasteiger partial charge in [-0.15, -0.1) is 0 Å². The van der Waals surface area contributed by atoms with Crippen molar-refractivity contribution >= 4 is 32.9 Å². The molecule has 0 bridgehead atoms. The number of hydrogen-bond donors (Lipinski definition) is 0. The Morgan fingerprint density at radius 3 is 2.26 bits per heavy atom. The summed E-state index contributed by atoms with van der Waals surface area (Å²) >= 11 is 3.60. The van der Waals surface area contributed by atoms with Crippen molar-refractivity contribution in [3.63, 3.8) is 0 Å². The highest BCUT2D eigenvalue weighted by Gasteiger charge is 2.25. The fourth-order valence-corrected chi connectivity index (χ4v) is 6.33. The minimum atomic E-state index is -0.0827. The molecule has 1 amide bonds. The molecule has 0 radical (unpaired) electrons. The molecule has 0 N–H and O–H groups in total. The third-order valence-electron chi connectivity index (χ3n) is 7.93. The van der Waals surface area contributed by atoms with Gasteiger partial charge < -0.3 is 18.9 Å². The molecule has 0 atom stereocenters. The summed E-state index contributed by atoms with van der Waals surface area (Å²) in [6.07, 6.45) is 3.87. The quantitative estimate of drug-likeness (QED) is 0.176. The molecular formula is C34H41BrN4O3. The summed E-state index contributed by atoms with van der Waals surface area (Å²) in [6.45, 7) is 9.22. The minimum Gasteiger partial charge on any atom is -0.493 e. The first-order chi connectivity index (χ1) is 20.4. The zero-order chi connectivity index (χ0) is 29.6. The average Bonchev–Trinajstić information content (AvgIpc) is 3.34.